The molecule has 1 aliphatic rings. The van der Waals surface area contributed by atoms with Crippen LogP contribution in [0, 0.1) is 5.92 Å². The van der Waals surface area contributed by atoms with Crippen LogP contribution in [0.25, 0.3) is 0 Å². The zero-order chi connectivity index (χ0) is 13.9. The van der Waals surface area contributed by atoms with Crippen LogP contribution in [-0.2, 0) is 11.2 Å². The summed E-state index contributed by atoms with van der Waals surface area (Å²) in [5.74, 6) is 0.702. The molecule has 0 saturated heterocycles. The van der Waals surface area contributed by atoms with E-state index in [1.807, 2.05) is 11.3 Å². The smallest absolute Gasteiger partial charge is 0.0661 e. The highest BCUT2D eigenvalue weighted by atomic mass is 32.1. The lowest BCUT2D eigenvalue weighted by Crippen LogP contribution is -2.60. The first-order valence-electron chi connectivity index (χ1n) is 7.08. The fraction of sp³-hybridized carbons (Fsp3) is 0.733. The van der Waals surface area contributed by atoms with Gasteiger partial charge in [0.1, 0.15) is 0 Å². The number of nitrogens with zero attached hydrogens (tertiary/aromatic N) is 1. The maximum Gasteiger partial charge on any atom is 0.0661 e. The lowest BCUT2D eigenvalue weighted by Gasteiger charge is -2.44. The van der Waals surface area contributed by atoms with Gasteiger partial charge in [-0.1, -0.05) is 6.07 Å². The first kappa shape index (κ1) is 15.0. The molecule has 0 radical (unpaired) electrons. The molecule has 4 heteroatoms. The van der Waals surface area contributed by atoms with Crippen molar-refractivity contribution in [3.05, 3.63) is 22.4 Å². The lowest BCUT2D eigenvalue weighted by molar-refractivity contribution is -0.00535. The van der Waals surface area contributed by atoms with E-state index in [9.17, 15) is 0 Å². The summed E-state index contributed by atoms with van der Waals surface area (Å²) < 4.78 is 5.49. The summed E-state index contributed by atoms with van der Waals surface area (Å²) in [5.41, 5.74) is 6.15. The minimum atomic E-state index is 0.0193. The monoisotopic (exact) mass is 282 g/mol. The van der Waals surface area contributed by atoms with Crippen molar-refractivity contribution in [2.75, 3.05) is 27.3 Å². The molecule has 3 nitrogen and oxygen atoms in total. The van der Waals surface area contributed by atoms with Gasteiger partial charge in [-0.25, -0.2) is 0 Å². The summed E-state index contributed by atoms with van der Waals surface area (Å²) in [7, 11) is 3.99. The quantitative estimate of drug-likeness (QED) is 0.795. The van der Waals surface area contributed by atoms with Crippen LogP contribution in [0.4, 0.5) is 0 Å². The Morgan fingerprint density at radius 1 is 1.58 bits per heavy atom. The first-order chi connectivity index (χ1) is 9.14. The van der Waals surface area contributed by atoms with Crippen molar-refractivity contribution in [3.8, 4) is 0 Å². The third-order valence-electron chi connectivity index (χ3n) is 4.53. The van der Waals surface area contributed by atoms with E-state index in [0.717, 1.165) is 13.0 Å². The van der Waals surface area contributed by atoms with Crippen molar-refractivity contribution in [3.63, 3.8) is 0 Å². The fourth-order valence-corrected chi connectivity index (χ4v) is 3.87. The van der Waals surface area contributed by atoms with Gasteiger partial charge >= 0.3 is 0 Å². The Labute approximate surface area is 120 Å². The van der Waals surface area contributed by atoms with E-state index in [4.69, 9.17) is 10.5 Å². The van der Waals surface area contributed by atoms with Gasteiger partial charge < -0.3 is 10.5 Å². The highest BCUT2D eigenvalue weighted by molar-refractivity contribution is 7.09. The minimum absolute atomic E-state index is 0.0193. The van der Waals surface area contributed by atoms with Crippen LogP contribution in [0.1, 0.15) is 24.6 Å². The Balaban J connectivity index is 2.07. The van der Waals surface area contributed by atoms with Gasteiger partial charge in [0, 0.05) is 24.6 Å². The second kappa shape index (κ2) is 6.35. The zero-order valence-corrected chi connectivity index (χ0v) is 13.1. The lowest BCUT2D eigenvalue weighted by atomic mass is 9.90. The van der Waals surface area contributed by atoms with E-state index in [1.54, 1.807) is 7.11 Å². The van der Waals surface area contributed by atoms with Crippen LogP contribution < -0.4 is 5.73 Å². The molecule has 0 spiro atoms. The molecule has 1 aromatic heterocycles. The zero-order valence-electron chi connectivity index (χ0n) is 12.3. The summed E-state index contributed by atoms with van der Waals surface area (Å²) in [5, 5.41) is 2.15. The van der Waals surface area contributed by atoms with E-state index in [1.165, 1.54) is 17.7 Å². The van der Waals surface area contributed by atoms with Crippen molar-refractivity contribution in [2.24, 2.45) is 11.7 Å². The normalized spacial score (nSPS) is 20.5. The molecule has 0 amide bonds. The Morgan fingerprint density at radius 2 is 2.32 bits per heavy atom. The van der Waals surface area contributed by atoms with E-state index >= 15 is 0 Å². The molecule has 2 unspecified atom stereocenters. The average Bonchev–Trinajstić information content (AvgIpc) is 3.14. The average molecular weight is 282 g/mol. The minimum Gasteiger partial charge on any atom is -0.383 e. The Hall–Kier alpha value is -0.420. The molecule has 0 aliphatic heterocycles. The van der Waals surface area contributed by atoms with Crippen LogP contribution in [0.15, 0.2) is 17.5 Å². The largest absolute Gasteiger partial charge is 0.383 e. The fourth-order valence-electron chi connectivity index (χ4n) is 3.04. The summed E-state index contributed by atoms with van der Waals surface area (Å²) in [6.45, 7) is 3.71. The predicted molar refractivity (Wildman–Crippen MR) is 81.6 cm³/mol. The van der Waals surface area contributed by atoms with Crippen molar-refractivity contribution in [1.82, 2.24) is 4.90 Å². The molecular formula is C15H26N2OS. The predicted octanol–water partition coefficient (Wildman–Crippen LogP) is 2.36. The number of rotatable bonds is 8. The van der Waals surface area contributed by atoms with Crippen LogP contribution >= 0.6 is 11.3 Å². The molecule has 1 heterocycles. The third kappa shape index (κ3) is 3.19. The van der Waals surface area contributed by atoms with Gasteiger partial charge in [0.2, 0.25) is 0 Å². The van der Waals surface area contributed by atoms with Gasteiger partial charge in [0.15, 0.2) is 0 Å². The van der Waals surface area contributed by atoms with Crippen LogP contribution in [0.2, 0.25) is 0 Å². The molecule has 2 atom stereocenters. The SMILES string of the molecule is COCC(CN)(C1CC1)N(C)C(C)Cc1cccs1. The number of ether oxygens (including phenoxy) is 1. The molecule has 2 rings (SSSR count). The van der Waals surface area contributed by atoms with Crippen molar-refractivity contribution >= 4 is 11.3 Å². The van der Waals surface area contributed by atoms with Crippen molar-refractivity contribution < 1.29 is 4.74 Å². The van der Waals surface area contributed by atoms with Crippen LogP contribution in [0.5, 0.6) is 0 Å². The van der Waals surface area contributed by atoms with E-state index < -0.39 is 0 Å². The molecule has 1 aliphatic carbocycles. The van der Waals surface area contributed by atoms with E-state index in [0.29, 0.717) is 18.5 Å². The van der Waals surface area contributed by atoms with Crippen molar-refractivity contribution in [2.45, 2.75) is 37.8 Å². The summed E-state index contributed by atoms with van der Waals surface area (Å²) in [6.07, 6.45) is 3.67. The Bertz CT molecular complexity index is 378. The molecule has 108 valence electrons. The molecule has 1 saturated carbocycles. The summed E-state index contributed by atoms with van der Waals surface area (Å²) >= 11 is 1.84. The van der Waals surface area contributed by atoms with Gasteiger partial charge in [-0.15, -0.1) is 11.3 Å². The van der Waals surface area contributed by atoms with Gasteiger partial charge in [-0.05, 0) is 50.6 Å². The standard InChI is InChI=1S/C15H26N2OS/c1-12(9-14-5-4-8-19-14)17(2)15(10-16,11-18-3)13-6-7-13/h4-5,8,12-13H,6-7,9-11,16H2,1-3H3. The van der Waals surface area contributed by atoms with Gasteiger partial charge in [0.05, 0.1) is 12.1 Å². The van der Waals surface area contributed by atoms with Gasteiger partial charge in [0.25, 0.3) is 0 Å². The molecule has 2 N–H and O–H groups in total. The maximum atomic E-state index is 6.13. The highest BCUT2D eigenvalue weighted by Crippen LogP contribution is 2.43. The summed E-state index contributed by atoms with van der Waals surface area (Å²) in [4.78, 5) is 3.91. The van der Waals surface area contributed by atoms with E-state index in [-0.39, 0.29) is 5.54 Å². The first-order valence-corrected chi connectivity index (χ1v) is 7.96. The molecule has 1 aromatic rings. The molecule has 19 heavy (non-hydrogen) atoms. The number of methoxy groups -OCH3 is 1. The number of hydrogen-bond donors (Lipinski definition) is 1. The summed E-state index contributed by atoms with van der Waals surface area (Å²) in [6, 6.07) is 4.82. The van der Waals surface area contributed by atoms with Gasteiger partial charge in [-0.3, -0.25) is 4.90 Å². The third-order valence-corrected chi connectivity index (χ3v) is 5.42. The molecule has 0 aromatic carbocycles. The molecule has 1 fully saturated rings. The highest BCUT2D eigenvalue weighted by Gasteiger charge is 2.48. The van der Waals surface area contributed by atoms with Crippen molar-refractivity contribution in [1.29, 1.82) is 0 Å². The maximum absolute atomic E-state index is 6.13. The molecular weight excluding hydrogens is 256 g/mol. The number of thiophene rings is 1. The Kier molecular flexibility index (Phi) is 5.01. The van der Waals surface area contributed by atoms with Crippen LogP contribution in [-0.4, -0.2) is 43.8 Å². The van der Waals surface area contributed by atoms with Gasteiger partial charge in [-0.2, -0.15) is 0 Å². The molecule has 0 bridgehead atoms. The van der Waals surface area contributed by atoms with Crippen LogP contribution in [0.3, 0.4) is 0 Å². The Morgan fingerprint density at radius 3 is 2.79 bits per heavy atom. The number of likely N-dealkylation sites (N-methyl/N-ethyl adjacent to an activating group) is 1. The number of nitrogens with two attached hydrogens (primary N) is 1. The topological polar surface area (TPSA) is 38.5 Å². The second-order valence-corrected chi connectivity index (χ2v) is 6.79. The second-order valence-electron chi connectivity index (χ2n) is 5.76. The van der Waals surface area contributed by atoms with E-state index in [2.05, 4.69) is 36.4 Å². The number of hydrogen-bond acceptors (Lipinski definition) is 4.